The van der Waals surface area contributed by atoms with Crippen LogP contribution >= 0.6 is 0 Å². The summed E-state index contributed by atoms with van der Waals surface area (Å²) in [6, 6.07) is 11.1. The summed E-state index contributed by atoms with van der Waals surface area (Å²) >= 11 is 0. The van der Waals surface area contributed by atoms with Crippen LogP contribution in [0.5, 0.6) is 0 Å². The predicted molar refractivity (Wildman–Crippen MR) is 134 cm³/mol. The van der Waals surface area contributed by atoms with E-state index in [4.69, 9.17) is 11.0 Å². The molecule has 10 nitrogen and oxygen atoms in total. The van der Waals surface area contributed by atoms with Crippen LogP contribution in [0.2, 0.25) is 0 Å². The summed E-state index contributed by atoms with van der Waals surface area (Å²) in [6.07, 6.45) is 4.64. The Bertz CT molecular complexity index is 1250. The highest BCUT2D eigenvalue weighted by atomic mass is 16.2. The van der Waals surface area contributed by atoms with Crippen molar-refractivity contribution in [1.82, 2.24) is 19.4 Å². The summed E-state index contributed by atoms with van der Waals surface area (Å²) in [5, 5.41) is 12.6. The van der Waals surface area contributed by atoms with Crippen LogP contribution in [-0.2, 0) is 11.2 Å². The normalized spacial score (nSPS) is 17.7. The summed E-state index contributed by atoms with van der Waals surface area (Å²) < 4.78 is 1.47. The average Bonchev–Trinajstić information content (AvgIpc) is 3.30. The van der Waals surface area contributed by atoms with Crippen LogP contribution in [0.4, 0.5) is 16.3 Å². The van der Waals surface area contributed by atoms with Gasteiger partial charge in [0.2, 0.25) is 5.91 Å². The lowest BCUT2D eigenvalue weighted by atomic mass is 9.92. The van der Waals surface area contributed by atoms with Crippen molar-refractivity contribution in [3.05, 3.63) is 48.4 Å². The number of anilines is 2. The van der Waals surface area contributed by atoms with Crippen LogP contribution in [0, 0.1) is 17.2 Å². The first-order valence-electron chi connectivity index (χ1n) is 11.7. The summed E-state index contributed by atoms with van der Waals surface area (Å²) in [4.78, 5) is 38.0. The van der Waals surface area contributed by atoms with E-state index >= 15 is 0 Å². The molecule has 2 amide bonds. The van der Waals surface area contributed by atoms with Crippen molar-refractivity contribution in [2.75, 3.05) is 36.9 Å². The van der Waals surface area contributed by atoms with Gasteiger partial charge in [-0.2, -0.15) is 5.26 Å². The fourth-order valence-corrected chi connectivity index (χ4v) is 4.60. The first-order valence-corrected chi connectivity index (χ1v) is 11.7. The van der Waals surface area contributed by atoms with Crippen LogP contribution < -0.4 is 16.0 Å². The van der Waals surface area contributed by atoms with Crippen molar-refractivity contribution in [2.45, 2.75) is 32.2 Å². The minimum Gasteiger partial charge on any atom is -0.354 e. The second kappa shape index (κ2) is 10.5. The molecule has 3 heterocycles. The topological polar surface area (TPSA) is 133 Å². The fourth-order valence-electron chi connectivity index (χ4n) is 4.60. The number of benzene rings is 1. The lowest BCUT2D eigenvalue weighted by Crippen LogP contribution is -2.52. The molecule has 0 bridgehead atoms. The molecule has 0 spiro atoms. The standard InChI is InChI=1S/C25H30N8O2/c1-17-9-13-32(22(34)8-12-27)15-21(17)31(2)23-20-10-14-33(24(20)29-16-28-23)25(35)30-19-5-3-18(4-6-19)7-11-26/h3-6,10,14,16-17,21H,7-9,11,13,15,26H2,1-2H3,(H,30,35)/t17-,21+/m1/s1. The van der Waals surface area contributed by atoms with Gasteiger partial charge in [-0.25, -0.2) is 14.8 Å². The maximum atomic E-state index is 13.0. The highest BCUT2D eigenvalue weighted by Crippen LogP contribution is 2.29. The number of likely N-dealkylation sites (N-methyl/N-ethyl adjacent to an activating group) is 1. The van der Waals surface area contributed by atoms with Gasteiger partial charge in [-0.3, -0.25) is 9.36 Å². The molecule has 1 aliphatic rings. The molecule has 10 heteroatoms. The number of hydrogen-bond donors (Lipinski definition) is 2. The molecule has 1 aliphatic heterocycles. The zero-order chi connectivity index (χ0) is 24.9. The summed E-state index contributed by atoms with van der Waals surface area (Å²) in [6.45, 7) is 3.90. The number of nitrogens with zero attached hydrogens (tertiary/aromatic N) is 6. The van der Waals surface area contributed by atoms with Crippen molar-refractivity contribution < 1.29 is 9.59 Å². The zero-order valence-electron chi connectivity index (χ0n) is 20.0. The van der Waals surface area contributed by atoms with Gasteiger partial charge in [0.05, 0.1) is 17.5 Å². The van der Waals surface area contributed by atoms with Gasteiger partial charge >= 0.3 is 6.03 Å². The molecule has 0 saturated carbocycles. The number of carbonyl (C=O) groups excluding carboxylic acids is 2. The first kappa shape index (κ1) is 24.2. The number of hydrogen-bond acceptors (Lipinski definition) is 7. The quantitative estimate of drug-likeness (QED) is 0.561. The number of amides is 2. The molecule has 1 saturated heterocycles. The minimum atomic E-state index is -0.321. The summed E-state index contributed by atoms with van der Waals surface area (Å²) in [5.41, 5.74) is 7.90. The van der Waals surface area contributed by atoms with Crippen LogP contribution in [0.15, 0.2) is 42.9 Å². The van der Waals surface area contributed by atoms with E-state index in [9.17, 15) is 9.59 Å². The summed E-state index contributed by atoms with van der Waals surface area (Å²) in [5.74, 6) is 0.868. The van der Waals surface area contributed by atoms with E-state index in [1.807, 2.05) is 43.4 Å². The van der Waals surface area contributed by atoms with Gasteiger partial charge in [0.1, 0.15) is 18.6 Å². The van der Waals surface area contributed by atoms with Gasteiger partial charge < -0.3 is 20.9 Å². The number of carbonyl (C=O) groups is 2. The summed E-state index contributed by atoms with van der Waals surface area (Å²) in [7, 11) is 1.95. The second-order valence-corrected chi connectivity index (χ2v) is 8.90. The maximum absolute atomic E-state index is 13.0. The molecule has 3 aromatic rings. The molecule has 0 aliphatic carbocycles. The van der Waals surface area contributed by atoms with Gasteiger partial charge in [-0.05, 0) is 49.1 Å². The van der Waals surface area contributed by atoms with Crippen LogP contribution in [-0.4, -0.2) is 64.1 Å². The molecule has 0 unspecified atom stereocenters. The molecule has 3 N–H and O–H groups in total. The third kappa shape index (κ3) is 5.10. The van der Waals surface area contributed by atoms with E-state index in [-0.39, 0.29) is 24.4 Å². The monoisotopic (exact) mass is 474 g/mol. The number of nitrogens with one attached hydrogen (secondary N) is 1. The predicted octanol–water partition coefficient (Wildman–Crippen LogP) is 2.60. The Morgan fingerprint density at radius 3 is 2.74 bits per heavy atom. The van der Waals surface area contributed by atoms with Crippen molar-refractivity contribution in [3.63, 3.8) is 0 Å². The highest BCUT2D eigenvalue weighted by Gasteiger charge is 2.32. The number of piperidine rings is 1. The van der Waals surface area contributed by atoms with Crippen molar-refractivity contribution in [2.24, 2.45) is 11.7 Å². The van der Waals surface area contributed by atoms with Gasteiger partial charge in [0.15, 0.2) is 5.65 Å². The molecule has 0 radical (unpaired) electrons. The van der Waals surface area contributed by atoms with E-state index in [1.54, 1.807) is 11.1 Å². The van der Waals surface area contributed by atoms with Crippen LogP contribution in [0.25, 0.3) is 11.0 Å². The maximum Gasteiger partial charge on any atom is 0.331 e. The molecule has 35 heavy (non-hydrogen) atoms. The molecule has 2 atom stereocenters. The lowest BCUT2D eigenvalue weighted by Gasteiger charge is -2.42. The number of likely N-dealkylation sites (tertiary alicyclic amines) is 1. The van der Waals surface area contributed by atoms with Gasteiger partial charge in [0.25, 0.3) is 0 Å². The molecule has 2 aromatic heterocycles. The Morgan fingerprint density at radius 2 is 2.03 bits per heavy atom. The van der Waals surface area contributed by atoms with Crippen molar-refractivity contribution in [3.8, 4) is 6.07 Å². The Kier molecular flexibility index (Phi) is 7.27. The average molecular weight is 475 g/mol. The van der Waals surface area contributed by atoms with Crippen LogP contribution in [0.1, 0.15) is 25.3 Å². The number of rotatable bonds is 6. The molecular weight excluding hydrogens is 444 g/mol. The zero-order valence-corrected chi connectivity index (χ0v) is 20.0. The van der Waals surface area contributed by atoms with Crippen LogP contribution in [0.3, 0.4) is 0 Å². The van der Waals surface area contributed by atoms with E-state index in [0.29, 0.717) is 42.7 Å². The Hall–Kier alpha value is -3.97. The smallest absolute Gasteiger partial charge is 0.331 e. The Balaban J connectivity index is 1.55. The molecule has 182 valence electrons. The van der Waals surface area contributed by atoms with Gasteiger partial charge in [-0.1, -0.05) is 19.1 Å². The number of nitrogens with two attached hydrogens (primary N) is 1. The van der Waals surface area contributed by atoms with E-state index < -0.39 is 0 Å². The SMILES string of the molecule is C[C@@H]1CCN(C(=O)CC#N)C[C@@H]1N(C)c1ncnc2c1ccn2C(=O)Nc1ccc(CCN)cc1. The highest BCUT2D eigenvalue weighted by molar-refractivity contribution is 5.99. The molecule has 4 rings (SSSR count). The third-order valence-electron chi connectivity index (χ3n) is 6.65. The number of fused-ring (bicyclic) bond motifs is 1. The Morgan fingerprint density at radius 1 is 1.26 bits per heavy atom. The minimum absolute atomic E-state index is 0.0219. The third-order valence-corrected chi connectivity index (χ3v) is 6.65. The van der Waals surface area contributed by atoms with Gasteiger partial charge in [-0.15, -0.1) is 0 Å². The molecule has 1 aromatic carbocycles. The number of nitriles is 1. The van der Waals surface area contributed by atoms with E-state index in [2.05, 4.69) is 27.1 Å². The molecule has 1 fully saturated rings. The van der Waals surface area contributed by atoms with E-state index in [0.717, 1.165) is 23.8 Å². The largest absolute Gasteiger partial charge is 0.354 e. The van der Waals surface area contributed by atoms with E-state index in [1.165, 1.54) is 10.9 Å². The van der Waals surface area contributed by atoms with Crippen molar-refractivity contribution >= 4 is 34.5 Å². The molecular formula is C25H30N8O2. The first-order chi connectivity index (χ1) is 16.9. The number of aromatic nitrogens is 3. The lowest BCUT2D eigenvalue weighted by molar-refractivity contribution is -0.131. The van der Waals surface area contributed by atoms with Crippen molar-refractivity contribution in [1.29, 1.82) is 5.26 Å². The second-order valence-electron chi connectivity index (χ2n) is 8.90. The van der Waals surface area contributed by atoms with Gasteiger partial charge in [0, 0.05) is 32.0 Å². The fraction of sp³-hybridized carbons (Fsp3) is 0.400. The Labute approximate surface area is 204 Å².